The summed E-state index contributed by atoms with van der Waals surface area (Å²) in [5.41, 5.74) is 0.533. The number of ether oxygens (including phenoxy) is 3. The van der Waals surface area contributed by atoms with Gasteiger partial charge in [0.1, 0.15) is 5.75 Å². The fraction of sp³-hybridized carbons (Fsp3) is 0.333. The van der Waals surface area contributed by atoms with Gasteiger partial charge in [-0.05, 0) is 31.5 Å². The SMILES string of the molecule is CCOC(=O)CCn1nc(OC(=O)COc2ccc(C)cc2Cl)ccc1=O. The van der Waals surface area contributed by atoms with Gasteiger partial charge in [-0.15, -0.1) is 5.10 Å². The van der Waals surface area contributed by atoms with E-state index in [0.29, 0.717) is 10.8 Å². The van der Waals surface area contributed by atoms with Crippen molar-refractivity contribution in [3.63, 3.8) is 0 Å². The van der Waals surface area contributed by atoms with E-state index in [0.717, 1.165) is 10.2 Å². The van der Waals surface area contributed by atoms with E-state index < -0.39 is 17.5 Å². The van der Waals surface area contributed by atoms with E-state index in [1.807, 2.05) is 6.92 Å². The Morgan fingerprint density at radius 2 is 1.96 bits per heavy atom. The van der Waals surface area contributed by atoms with Gasteiger partial charge in [-0.1, -0.05) is 17.7 Å². The number of aromatic nitrogens is 2. The summed E-state index contributed by atoms with van der Waals surface area (Å²) in [6, 6.07) is 7.62. The van der Waals surface area contributed by atoms with Crippen molar-refractivity contribution in [1.82, 2.24) is 9.78 Å². The van der Waals surface area contributed by atoms with Crippen molar-refractivity contribution in [2.45, 2.75) is 26.8 Å². The zero-order valence-corrected chi connectivity index (χ0v) is 15.7. The maximum atomic E-state index is 11.9. The Labute approximate surface area is 160 Å². The minimum absolute atomic E-state index is 0.0124. The third kappa shape index (κ3) is 6.41. The highest BCUT2D eigenvalue weighted by Crippen LogP contribution is 2.25. The maximum Gasteiger partial charge on any atom is 0.350 e. The highest BCUT2D eigenvalue weighted by molar-refractivity contribution is 6.32. The number of benzene rings is 1. The molecule has 144 valence electrons. The summed E-state index contributed by atoms with van der Waals surface area (Å²) in [6.45, 7) is 3.45. The van der Waals surface area contributed by atoms with Crippen molar-refractivity contribution >= 4 is 23.5 Å². The van der Waals surface area contributed by atoms with E-state index in [1.165, 1.54) is 12.1 Å². The molecule has 0 spiro atoms. The second-order valence-electron chi connectivity index (χ2n) is 5.48. The summed E-state index contributed by atoms with van der Waals surface area (Å²) in [5.74, 6) is -0.889. The summed E-state index contributed by atoms with van der Waals surface area (Å²) < 4.78 is 16.2. The van der Waals surface area contributed by atoms with Gasteiger partial charge in [0, 0.05) is 12.1 Å². The van der Waals surface area contributed by atoms with Crippen LogP contribution in [0.4, 0.5) is 0 Å². The highest BCUT2D eigenvalue weighted by atomic mass is 35.5. The predicted octanol–water partition coefficient (Wildman–Crippen LogP) is 2.14. The molecule has 8 nitrogen and oxygen atoms in total. The van der Waals surface area contributed by atoms with Gasteiger partial charge in [0.05, 0.1) is 24.6 Å². The molecule has 0 amide bonds. The smallest absolute Gasteiger partial charge is 0.350 e. The van der Waals surface area contributed by atoms with Crippen molar-refractivity contribution in [2.24, 2.45) is 0 Å². The van der Waals surface area contributed by atoms with Crippen LogP contribution in [0.5, 0.6) is 11.6 Å². The first-order valence-corrected chi connectivity index (χ1v) is 8.60. The number of aryl methyl sites for hydroxylation is 2. The van der Waals surface area contributed by atoms with Gasteiger partial charge in [0.2, 0.25) is 5.88 Å². The molecule has 27 heavy (non-hydrogen) atoms. The lowest BCUT2D eigenvalue weighted by atomic mass is 10.2. The van der Waals surface area contributed by atoms with E-state index >= 15 is 0 Å². The first kappa shape index (κ1) is 20.4. The van der Waals surface area contributed by atoms with Crippen molar-refractivity contribution in [3.8, 4) is 11.6 Å². The standard InChI is InChI=1S/C18H19ClN2O6/c1-3-25-17(23)8-9-21-16(22)7-6-15(20-21)27-18(24)11-26-14-5-4-12(2)10-13(14)19/h4-7,10H,3,8-9,11H2,1-2H3. The monoisotopic (exact) mass is 394 g/mol. The van der Waals surface area contributed by atoms with Crippen LogP contribution in [0.3, 0.4) is 0 Å². The number of nitrogens with zero attached hydrogens (tertiary/aromatic N) is 2. The lowest BCUT2D eigenvalue weighted by Crippen LogP contribution is -2.25. The van der Waals surface area contributed by atoms with Crippen LogP contribution in [0, 0.1) is 6.92 Å². The fourth-order valence-corrected chi connectivity index (χ4v) is 2.37. The van der Waals surface area contributed by atoms with Crippen LogP contribution in [0.15, 0.2) is 35.1 Å². The molecular weight excluding hydrogens is 376 g/mol. The Kier molecular flexibility index (Phi) is 7.36. The third-order valence-corrected chi connectivity index (χ3v) is 3.62. The van der Waals surface area contributed by atoms with Gasteiger partial charge < -0.3 is 14.2 Å². The summed E-state index contributed by atoms with van der Waals surface area (Å²) in [6.07, 6.45) is -0.0207. The Hall–Kier alpha value is -2.87. The molecule has 0 saturated heterocycles. The van der Waals surface area contributed by atoms with Gasteiger partial charge >= 0.3 is 11.9 Å². The minimum Gasteiger partial charge on any atom is -0.480 e. The van der Waals surface area contributed by atoms with Gasteiger partial charge in [-0.3, -0.25) is 9.59 Å². The van der Waals surface area contributed by atoms with Gasteiger partial charge in [-0.25, -0.2) is 9.48 Å². The topological polar surface area (TPSA) is 96.7 Å². The fourth-order valence-electron chi connectivity index (χ4n) is 2.08. The summed E-state index contributed by atoms with van der Waals surface area (Å²) in [5, 5.41) is 4.28. The van der Waals surface area contributed by atoms with Crippen LogP contribution in [0.1, 0.15) is 18.9 Å². The van der Waals surface area contributed by atoms with E-state index in [2.05, 4.69) is 5.10 Å². The molecule has 0 N–H and O–H groups in total. The Morgan fingerprint density at radius 1 is 1.19 bits per heavy atom. The molecule has 0 aliphatic rings. The highest BCUT2D eigenvalue weighted by Gasteiger charge is 2.11. The number of hydrogen-bond donors (Lipinski definition) is 0. The van der Waals surface area contributed by atoms with Crippen LogP contribution in [-0.4, -0.2) is 34.9 Å². The van der Waals surface area contributed by atoms with Crippen molar-refractivity contribution in [3.05, 3.63) is 51.3 Å². The van der Waals surface area contributed by atoms with Gasteiger partial charge in [0.15, 0.2) is 6.61 Å². The van der Waals surface area contributed by atoms with E-state index in [1.54, 1.807) is 25.1 Å². The summed E-state index contributed by atoms with van der Waals surface area (Å²) in [4.78, 5) is 35.1. The lowest BCUT2D eigenvalue weighted by Gasteiger charge is -2.09. The van der Waals surface area contributed by atoms with Crippen molar-refractivity contribution in [1.29, 1.82) is 0 Å². The van der Waals surface area contributed by atoms with Crippen LogP contribution in [0.25, 0.3) is 0 Å². The van der Waals surface area contributed by atoms with E-state index in [9.17, 15) is 14.4 Å². The average Bonchev–Trinajstić information content (AvgIpc) is 2.61. The van der Waals surface area contributed by atoms with Crippen LogP contribution < -0.4 is 15.0 Å². The number of esters is 2. The Morgan fingerprint density at radius 3 is 2.67 bits per heavy atom. The first-order valence-electron chi connectivity index (χ1n) is 8.22. The molecule has 1 heterocycles. The molecule has 2 aromatic rings. The maximum absolute atomic E-state index is 11.9. The zero-order chi connectivity index (χ0) is 19.8. The van der Waals surface area contributed by atoms with Crippen LogP contribution >= 0.6 is 11.6 Å². The van der Waals surface area contributed by atoms with Crippen molar-refractivity contribution in [2.75, 3.05) is 13.2 Å². The Balaban J connectivity index is 1.94. The summed E-state index contributed by atoms with van der Waals surface area (Å²) >= 11 is 6.03. The quantitative estimate of drug-likeness (QED) is 0.633. The molecule has 0 aliphatic carbocycles. The number of hydrogen-bond acceptors (Lipinski definition) is 7. The molecule has 0 atom stereocenters. The van der Waals surface area contributed by atoms with Gasteiger partial charge in [0.25, 0.3) is 5.56 Å². The van der Waals surface area contributed by atoms with E-state index in [-0.39, 0.29) is 32.1 Å². The molecule has 0 bridgehead atoms. The Bertz CT molecular complexity index is 880. The number of carbonyl (C=O) groups is 2. The third-order valence-electron chi connectivity index (χ3n) is 3.33. The second-order valence-corrected chi connectivity index (χ2v) is 5.89. The van der Waals surface area contributed by atoms with Crippen molar-refractivity contribution < 1.29 is 23.8 Å². The molecule has 0 unspecified atom stereocenters. The predicted molar refractivity (Wildman–Crippen MR) is 97.1 cm³/mol. The first-order chi connectivity index (χ1) is 12.9. The zero-order valence-electron chi connectivity index (χ0n) is 14.9. The molecular formula is C18H19ClN2O6. The molecule has 0 saturated carbocycles. The normalized spacial score (nSPS) is 10.3. The molecule has 2 rings (SSSR count). The minimum atomic E-state index is -0.713. The second kappa shape index (κ2) is 9.72. The number of rotatable bonds is 8. The molecule has 1 aromatic heterocycles. The molecule has 0 fully saturated rings. The molecule has 9 heteroatoms. The average molecular weight is 395 g/mol. The molecule has 0 radical (unpaired) electrons. The van der Waals surface area contributed by atoms with E-state index in [4.69, 9.17) is 25.8 Å². The van der Waals surface area contributed by atoms with Crippen LogP contribution in [-0.2, 0) is 20.9 Å². The van der Waals surface area contributed by atoms with Crippen LogP contribution in [0.2, 0.25) is 5.02 Å². The van der Waals surface area contributed by atoms with Gasteiger partial charge in [-0.2, -0.15) is 0 Å². The molecule has 1 aromatic carbocycles. The summed E-state index contributed by atoms with van der Waals surface area (Å²) in [7, 11) is 0. The lowest BCUT2D eigenvalue weighted by molar-refractivity contribution is -0.143. The molecule has 0 aliphatic heterocycles. The number of halogens is 1. The number of carbonyl (C=O) groups excluding carboxylic acids is 2. The largest absolute Gasteiger partial charge is 0.480 e.